The van der Waals surface area contributed by atoms with E-state index in [0.29, 0.717) is 17.9 Å². The second-order valence-corrected chi connectivity index (χ2v) is 5.33. The van der Waals surface area contributed by atoms with Crippen molar-refractivity contribution in [1.29, 1.82) is 0 Å². The van der Waals surface area contributed by atoms with Crippen LogP contribution in [0.1, 0.15) is 10.6 Å². The number of hydrogen-bond acceptors (Lipinski definition) is 6. The molecule has 2 heterocycles. The van der Waals surface area contributed by atoms with Crippen molar-refractivity contribution in [2.24, 2.45) is 0 Å². The van der Waals surface area contributed by atoms with E-state index >= 15 is 0 Å². The summed E-state index contributed by atoms with van der Waals surface area (Å²) in [5.41, 5.74) is 3.46. The standard InChI is InChI=1S/C12H11N5O2S/c1-7-11(14-6-20-7)5-13-12-9-3-2-8(17(18)19)4-10(9)15-16-12/h2-4,6H,5H2,1H3,(H2,13,15,16). The summed E-state index contributed by atoms with van der Waals surface area (Å²) in [5, 5.41) is 21.7. The second-order valence-electron chi connectivity index (χ2n) is 4.27. The van der Waals surface area contributed by atoms with Gasteiger partial charge in [0.05, 0.1) is 28.2 Å². The molecule has 102 valence electrons. The number of anilines is 1. The van der Waals surface area contributed by atoms with Crippen molar-refractivity contribution in [2.75, 3.05) is 5.32 Å². The van der Waals surface area contributed by atoms with E-state index in [4.69, 9.17) is 0 Å². The number of H-pyrrole nitrogens is 1. The maximum atomic E-state index is 10.7. The highest BCUT2D eigenvalue weighted by atomic mass is 32.1. The number of non-ortho nitro benzene ring substituents is 1. The lowest BCUT2D eigenvalue weighted by Crippen LogP contribution is -2.01. The van der Waals surface area contributed by atoms with Crippen molar-refractivity contribution in [2.45, 2.75) is 13.5 Å². The lowest BCUT2D eigenvalue weighted by atomic mass is 10.2. The molecule has 0 saturated carbocycles. The van der Waals surface area contributed by atoms with Crippen molar-refractivity contribution in [1.82, 2.24) is 15.2 Å². The van der Waals surface area contributed by atoms with Gasteiger partial charge in [-0.2, -0.15) is 5.10 Å². The molecule has 0 aliphatic rings. The van der Waals surface area contributed by atoms with E-state index in [0.717, 1.165) is 16.0 Å². The first kappa shape index (κ1) is 12.5. The lowest BCUT2D eigenvalue weighted by molar-refractivity contribution is -0.384. The van der Waals surface area contributed by atoms with Crippen LogP contribution in [0.15, 0.2) is 23.7 Å². The molecule has 0 radical (unpaired) electrons. The number of hydrogen-bond donors (Lipinski definition) is 2. The number of benzene rings is 1. The predicted octanol–water partition coefficient (Wildman–Crippen LogP) is 2.85. The van der Waals surface area contributed by atoms with E-state index in [2.05, 4.69) is 20.5 Å². The van der Waals surface area contributed by atoms with Gasteiger partial charge in [-0.05, 0) is 13.0 Å². The third-order valence-electron chi connectivity index (χ3n) is 3.02. The van der Waals surface area contributed by atoms with Gasteiger partial charge in [-0.25, -0.2) is 4.98 Å². The highest BCUT2D eigenvalue weighted by Gasteiger charge is 2.11. The van der Waals surface area contributed by atoms with E-state index in [-0.39, 0.29) is 5.69 Å². The third kappa shape index (κ3) is 2.21. The zero-order chi connectivity index (χ0) is 14.1. The van der Waals surface area contributed by atoms with Gasteiger partial charge >= 0.3 is 0 Å². The van der Waals surface area contributed by atoms with Crippen molar-refractivity contribution >= 4 is 33.7 Å². The molecule has 0 aliphatic heterocycles. The first-order chi connectivity index (χ1) is 9.65. The van der Waals surface area contributed by atoms with Crippen LogP contribution < -0.4 is 5.32 Å². The number of aromatic nitrogens is 3. The topological polar surface area (TPSA) is 96.7 Å². The Balaban J connectivity index is 1.85. The molecule has 8 heteroatoms. The molecule has 3 aromatic rings. The SMILES string of the molecule is Cc1scnc1CNc1n[nH]c2cc([N+](=O)[O-])ccc12. The minimum Gasteiger partial charge on any atom is -0.362 e. The van der Waals surface area contributed by atoms with Crippen LogP contribution in [0, 0.1) is 17.0 Å². The molecule has 0 fully saturated rings. The number of nitro benzene ring substituents is 1. The van der Waals surface area contributed by atoms with Gasteiger partial charge in [0.2, 0.25) is 0 Å². The Bertz CT molecular complexity index is 779. The van der Waals surface area contributed by atoms with Crippen molar-refractivity contribution < 1.29 is 4.92 Å². The number of nitro groups is 1. The summed E-state index contributed by atoms with van der Waals surface area (Å²) in [6, 6.07) is 4.63. The number of fused-ring (bicyclic) bond motifs is 1. The average Bonchev–Trinajstić information content (AvgIpc) is 3.02. The van der Waals surface area contributed by atoms with Gasteiger partial charge in [-0.15, -0.1) is 11.3 Å². The molecule has 0 atom stereocenters. The van der Waals surface area contributed by atoms with Gasteiger partial charge in [0, 0.05) is 22.4 Å². The molecule has 3 rings (SSSR count). The van der Waals surface area contributed by atoms with Crippen LogP contribution in [-0.4, -0.2) is 20.1 Å². The second kappa shape index (κ2) is 4.89. The normalized spacial score (nSPS) is 10.8. The van der Waals surface area contributed by atoms with Crippen molar-refractivity contribution in [3.63, 3.8) is 0 Å². The Morgan fingerprint density at radius 3 is 3.05 bits per heavy atom. The lowest BCUT2D eigenvalue weighted by Gasteiger charge is -2.01. The Morgan fingerprint density at radius 1 is 1.50 bits per heavy atom. The van der Waals surface area contributed by atoms with Crippen LogP contribution in [-0.2, 0) is 6.54 Å². The fraction of sp³-hybridized carbons (Fsp3) is 0.167. The fourth-order valence-electron chi connectivity index (χ4n) is 1.92. The van der Waals surface area contributed by atoms with Crippen LogP contribution in [0.25, 0.3) is 10.9 Å². The molecule has 0 saturated heterocycles. The van der Waals surface area contributed by atoms with Gasteiger partial charge in [-0.3, -0.25) is 15.2 Å². The largest absolute Gasteiger partial charge is 0.362 e. The maximum absolute atomic E-state index is 10.7. The van der Waals surface area contributed by atoms with Gasteiger partial charge < -0.3 is 5.32 Å². The van der Waals surface area contributed by atoms with E-state index < -0.39 is 4.92 Å². The molecule has 0 bridgehead atoms. The third-order valence-corrected chi connectivity index (χ3v) is 3.82. The number of nitrogens with zero attached hydrogens (tertiary/aromatic N) is 3. The van der Waals surface area contributed by atoms with Crippen LogP contribution in [0.5, 0.6) is 0 Å². The molecule has 0 spiro atoms. The summed E-state index contributed by atoms with van der Waals surface area (Å²) in [6.45, 7) is 2.59. The predicted molar refractivity (Wildman–Crippen MR) is 76.9 cm³/mol. The summed E-state index contributed by atoms with van der Waals surface area (Å²) >= 11 is 1.60. The molecule has 1 aromatic carbocycles. The number of rotatable bonds is 4. The number of aryl methyl sites for hydroxylation is 1. The molecule has 0 unspecified atom stereocenters. The van der Waals surface area contributed by atoms with Gasteiger partial charge in [0.1, 0.15) is 0 Å². The van der Waals surface area contributed by atoms with Crippen LogP contribution >= 0.6 is 11.3 Å². The number of thiazole rings is 1. The Labute approximate surface area is 117 Å². The smallest absolute Gasteiger partial charge is 0.271 e. The molecular formula is C12H11N5O2S. The van der Waals surface area contributed by atoms with Crippen LogP contribution in [0.3, 0.4) is 0 Å². The highest BCUT2D eigenvalue weighted by molar-refractivity contribution is 7.09. The van der Waals surface area contributed by atoms with Gasteiger partial charge in [0.25, 0.3) is 5.69 Å². The van der Waals surface area contributed by atoms with E-state index in [1.54, 1.807) is 22.9 Å². The summed E-state index contributed by atoms with van der Waals surface area (Å²) in [7, 11) is 0. The molecule has 0 amide bonds. The van der Waals surface area contributed by atoms with Crippen LogP contribution in [0.2, 0.25) is 0 Å². The van der Waals surface area contributed by atoms with E-state index in [9.17, 15) is 10.1 Å². The first-order valence-electron chi connectivity index (χ1n) is 5.90. The summed E-state index contributed by atoms with van der Waals surface area (Å²) in [6.07, 6.45) is 0. The van der Waals surface area contributed by atoms with E-state index in [1.807, 2.05) is 6.92 Å². The zero-order valence-corrected chi connectivity index (χ0v) is 11.4. The summed E-state index contributed by atoms with van der Waals surface area (Å²) < 4.78 is 0. The average molecular weight is 289 g/mol. The monoisotopic (exact) mass is 289 g/mol. The first-order valence-corrected chi connectivity index (χ1v) is 6.78. The molecule has 2 N–H and O–H groups in total. The quantitative estimate of drug-likeness (QED) is 0.568. The summed E-state index contributed by atoms with van der Waals surface area (Å²) in [4.78, 5) is 15.7. The Kier molecular flexibility index (Phi) is 3.07. The van der Waals surface area contributed by atoms with E-state index in [1.165, 1.54) is 12.1 Å². The van der Waals surface area contributed by atoms with Gasteiger partial charge in [-0.1, -0.05) is 0 Å². The maximum Gasteiger partial charge on any atom is 0.271 e. The van der Waals surface area contributed by atoms with Crippen molar-refractivity contribution in [3.05, 3.63) is 44.4 Å². The number of aromatic amines is 1. The molecule has 7 nitrogen and oxygen atoms in total. The minimum atomic E-state index is -0.425. The fourth-order valence-corrected chi connectivity index (χ4v) is 2.52. The molecular weight excluding hydrogens is 278 g/mol. The van der Waals surface area contributed by atoms with Crippen molar-refractivity contribution in [3.8, 4) is 0 Å². The summed E-state index contributed by atoms with van der Waals surface area (Å²) in [5.74, 6) is 0.669. The Morgan fingerprint density at radius 2 is 2.35 bits per heavy atom. The number of nitrogens with one attached hydrogen (secondary N) is 2. The molecule has 20 heavy (non-hydrogen) atoms. The molecule has 2 aromatic heterocycles. The highest BCUT2D eigenvalue weighted by Crippen LogP contribution is 2.25. The zero-order valence-electron chi connectivity index (χ0n) is 10.6. The minimum absolute atomic E-state index is 0.0445. The molecule has 0 aliphatic carbocycles. The Hall–Kier alpha value is -2.48. The van der Waals surface area contributed by atoms with Gasteiger partial charge in [0.15, 0.2) is 5.82 Å². The van der Waals surface area contributed by atoms with Crippen LogP contribution in [0.4, 0.5) is 11.5 Å².